The second-order valence-corrected chi connectivity index (χ2v) is 6.15. The zero-order chi connectivity index (χ0) is 15.5. The molecule has 0 saturated heterocycles. The van der Waals surface area contributed by atoms with E-state index in [-0.39, 0.29) is 6.10 Å². The van der Waals surface area contributed by atoms with Crippen LogP contribution in [0.5, 0.6) is 5.75 Å². The molecule has 116 valence electrons. The lowest BCUT2D eigenvalue weighted by molar-refractivity contribution is -0.145. The van der Waals surface area contributed by atoms with Gasteiger partial charge >= 0.3 is 5.97 Å². The van der Waals surface area contributed by atoms with Gasteiger partial charge in [0.1, 0.15) is 11.3 Å². The summed E-state index contributed by atoms with van der Waals surface area (Å²) in [5.74, 6) is 0.0419. The molecule has 1 aromatic rings. The van der Waals surface area contributed by atoms with E-state index in [1.807, 2.05) is 31.2 Å². The average Bonchev–Trinajstić information content (AvgIpc) is 3.22. The summed E-state index contributed by atoms with van der Waals surface area (Å²) in [6, 6.07) is 8.27. The first-order valence-corrected chi connectivity index (χ1v) is 7.70. The highest BCUT2D eigenvalue weighted by Gasteiger charge is 2.40. The monoisotopic (exact) mass is 291 g/mol. The van der Waals surface area contributed by atoms with Gasteiger partial charge in [-0.1, -0.05) is 25.1 Å². The Morgan fingerprint density at radius 3 is 2.71 bits per heavy atom. The van der Waals surface area contributed by atoms with E-state index in [4.69, 9.17) is 4.74 Å². The summed E-state index contributed by atoms with van der Waals surface area (Å²) in [5, 5.41) is 12.7. The molecule has 0 radical (unpaired) electrons. The van der Waals surface area contributed by atoms with Crippen LogP contribution in [-0.2, 0) is 11.2 Å². The molecule has 0 spiro atoms. The standard InChI is InChI=1S/C17H25NO3/c1-4-13-7-5-6-8-15(13)21-12(2)11-17(3,16(19)20)18-14-9-10-14/h5-8,12,14,18H,4,9-11H2,1-3H3,(H,19,20). The highest BCUT2D eigenvalue weighted by Crippen LogP contribution is 2.27. The zero-order valence-corrected chi connectivity index (χ0v) is 13.1. The first kappa shape index (κ1) is 15.8. The lowest BCUT2D eigenvalue weighted by atomic mass is 9.94. The maximum absolute atomic E-state index is 11.6. The average molecular weight is 291 g/mol. The Balaban J connectivity index is 2.01. The SMILES string of the molecule is CCc1ccccc1OC(C)CC(C)(NC1CC1)C(=O)O. The first-order valence-electron chi connectivity index (χ1n) is 7.70. The Labute approximate surface area is 126 Å². The summed E-state index contributed by atoms with van der Waals surface area (Å²) < 4.78 is 5.98. The van der Waals surface area contributed by atoms with Crippen LogP contribution in [0.15, 0.2) is 24.3 Å². The molecule has 2 unspecified atom stereocenters. The predicted octanol–water partition coefficient (Wildman–Crippen LogP) is 3.00. The number of carboxylic acids is 1. The Bertz CT molecular complexity index is 499. The number of para-hydroxylation sites is 1. The van der Waals surface area contributed by atoms with E-state index < -0.39 is 11.5 Å². The van der Waals surface area contributed by atoms with Crippen molar-refractivity contribution >= 4 is 5.97 Å². The van der Waals surface area contributed by atoms with Gasteiger partial charge in [-0.25, -0.2) is 0 Å². The molecule has 0 heterocycles. The van der Waals surface area contributed by atoms with Gasteiger partial charge in [-0.15, -0.1) is 0 Å². The van der Waals surface area contributed by atoms with Gasteiger partial charge < -0.3 is 9.84 Å². The van der Waals surface area contributed by atoms with Crippen molar-refractivity contribution in [3.63, 3.8) is 0 Å². The fourth-order valence-electron chi connectivity index (χ4n) is 2.63. The van der Waals surface area contributed by atoms with Gasteiger partial charge in [0.2, 0.25) is 0 Å². The summed E-state index contributed by atoms with van der Waals surface area (Å²) in [6.07, 6.45) is 3.31. The molecule has 4 nitrogen and oxygen atoms in total. The highest BCUT2D eigenvalue weighted by atomic mass is 16.5. The van der Waals surface area contributed by atoms with Crippen LogP contribution in [0.25, 0.3) is 0 Å². The van der Waals surface area contributed by atoms with Crippen LogP contribution in [0, 0.1) is 0 Å². The van der Waals surface area contributed by atoms with Crippen LogP contribution in [0.4, 0.5) is 0 Å². The molecule has 2 atom stereocenters. The zero-order valence-electron chi connectivity index (χ0n) is 13.1. The number of benzene rings is 1. The number of aliphatic carboxylic acids is 1. The summed E-state index contributed by atoms with van der Waals surface area (Å²) in [7, 11) is 0. The van der Waals surface area contributed by atoms with Crippen LogP contribution >= 0.6 is 0 Å². The van der Waals surface area contributed by atoms with Crippen LogP contribution in [0.3, 0.4) is 0 Å². The van der Waals surface area contributed by atoms with Crippen LogP contribution < -0.4 is 10.1 Å². The van der Waals surface area contributed by atoms with E-state index in [9.17, 15) is 9.90 Å². The Morgan fingerprint density at radius 2 is 2.14 bits per heavy atom. The lowest BCUT2D eigenvalue weighted by Gasteiger charge is -2.30. The number of rotatable bonds is 8. The molecule has 0 aliphatic heterocycles. The molecule has 2 N–H and O–H groups in total. The molecular weight excluding hydrogens is 266 g/mol. The molecule has 0 bridgehead atoms. The third-order valence-corrected chi connectivity index (χ3v) is 3.95. The topological polar surface area (TPSA) is 58.6 Å². The van der Waals surface area contributed by atoms with E-state index >= 15 is 0 Å². The fraction of sp³-hybridized carbons (Fsp3) is 0.588. The number of aryl methyl sites for hydroxylation is 1. The number of carbonyl (C=O) groups is 1. The van der Waals surface area contributed by atoms with Gasteiger partial charge in [-0.05, 0) is 44.7 Å². The van der Waals surface area contributed by atoms with Crippen LogP contribution in [-0.4, -0.2) is 28.8 Å². The van der Waals surface area contributed by atoms with E-state index in [0.717, 1.165) is 30.6 Å². The van der Waals surface area contributed by atoms with Gasteiger partial charge in [0, 0.05) is 12.5 Å². The molecule has 21 heavy (non-hydrogen) atoms. The number of ether oxygens (including phenoxy) is 1. The molecule has 0 aromatic heterocycles. The minimum Gasteiger partial charge on any atom is -0.490 e. The minimum atomic E-state index is -0.929. The third kappa shape index (κ3) is 4.21. The van der Waals surface area contributed by atoms with Gasteiger partial charge in [-0.3, -0.25) is 10.1 Å². The van der Waals surface area contributed by atoms with Crippen molar-refractivity contribution in [2.24, 2.45) is 0 Å². The lowest BCUT2D eigenvalue weighted by Crippen LogP contribution is -2.52. The van der Waals surface area contributed by atoms with Crippen molar-refractivity contribution in [3.05, 3.63) is 29.8 Å². The van der Waals surface area contributed by atoms with Crippen molar-refractivity contribution in [2.75, 3.05) is 0 Å². The van der Waals surface area contributed by atoms with Crippen molar-refractivity contribution in [3.8, 4) is 5.75 Å². The Hall–Kier alpha value is -1.55. The van der Waals surface area contributed by atoms with E-state index in [0.29, 0.717) is 12.5 Å². The van der Waals surface area contributed by atoms with Gasteiger partial charge in [0.15, 0.2) is 0 Å². The van der Waals surface area contributed by atoms with Crippen molar-refractivity contribution in [2.45, 2.75) is 64.1 Å². The van der Waals surface area contributed by atoms with Crippen LogP contribution in [0.2, 0.25) is 0 Å². The minimum absolute atomic E-state index is 0.162. The fourth-order valence-corrected chi connectivity index (χ4v) is 2.63. The second kappa shape index (κ2) is 6.48. The highest BCUT2D eigenvalue weighted by molar-refractivity contribution is 5.78. The van der Waals surface area contributed by atoms with Gasteiger partial charge in [-0.2, -0.15) is 0 Å². The van der Waals surface area contributed by atoms with Crippen molar-refractivity contribution in [1.82, 2.24) is 5.32 Å². The second-order valence-electron chi connectivity index (χ2n) is 6.15. The molecule has 1 fully saturated rings. The molecule has 0 amide bonds. The van der Waals surface area contributed by atoms with E-state index in [2.05, 4.69) is 12.2 Å². The maximum Gasteiger partial charge on any atom is 0.323 e. The van der Waals surface area contributed by atoms with E-state index in [1.54, 1.807) is 6.92 Å². The normalized spacial score (nSPS) is 18.8. The summed E-state index contributed by atoms with van der Waals surface area (Å²) in [6.45, 7) is 5.77. The predicted molar refractivity (Wildman–Crippen MR) is 82.7 cm³/mol. The molecule has 4 heteroatoms. The van der Waals surface area contributed by atoms with Gasteiger partial charge in [0.05, 0.1) is 6.10 Å². The van der Waals surface area contributed by atoms with Crippen LogP contribution in [0.1, 0.15) is 45.6 Å². The Morgan fingerprint density at radius 1 is 1.48 bits per heavy atom. The maximum atomic E-state index is 11.6. The molecule has 1 saturated carbocycles. The van der Waals surface area contributed by atoms with E-state index in [1.165, 1.54) is 0 Å². The largest absolute Gasteiger partial charge is 0.490 e. The number of nitrogens with one attached hydrogen (secondary N) is 1. The number of carboxylic acid groups (broad SMARTS) is 1. The molecule has 2 rings (SSSR count). The van der Waals surface area contributed by atoms with Crippen molar-refractivity contribution in [1.29, 1.82) is 0 Å². The first-order chi connectivity index (χ1) is 9.94. The smallest absolute Gasteiger partial charge is 0.323 e. The summed E-state index contributed by atoms with van der Waals surface area (Å²) >= 11 is 0. The quantitative estimate of drug-likeness (QED) is 0.773. The summed E-state index contributed by atoms with van der Waals surface area (Å²) in [4.78, 5) is 11.6. The molecule has 1 aromatic carbocycles. The number of hydrogen-bond donors (Lipinski definition) is 2. The van der Waals surface area contributed by atoms with Crippen molar-refractivity contribution < 1.29 is 14.6 Å². The van der Waals surface area contributed by atoms with Gasteiger partial charge in [0.25, 0.3) is 0 Å². The number of hydrogen-bond acceptors (Lipinski definition) is 3. The molecular formula is C17H25NO3. The molecule has 1 aliphatic carbocycles. The summed E-state index contributed by atoms with van der Waals surface area (Å²) in [5.41, 5.74) is 0.221. The Kier molecular flexibility index (Phi) is 4.88. The molecule has 1 aliphatic rings. The third-order valence-electron chi connectivity index (χ3n) is 3.95.